The van der Waals surface area contributed by atoms with Gasteiger partial charge in [-0.15, -0.1) is 10.2 Å². The average Bonchev–Trinajstić information content (AvgIpc) is 2.41. The van der Waals surface area contributed by atoms with Crippen LogP contribution < -0.4 is 0 Å². The molecule has 0 spiro atoms. The first-order valence-corrected chi connectivity index (χ1v) is 6.46. The number of aliphatic hydroxyl groups excluding tert-OH is 1. The van der Waals surface area contributed by atoms with Crippen LogP contribution >= 0.6 is 23.2 Å². The van der Waals surface area contributed by atoms with Crippen LogP contribution in [0, 0.1) is 5.92 Å². The summed E-state index contributed by atoms with van der Waals surface area (Å²) in [6, 6.07) is 1.43. The minimum atomic E-state index is -0.187. The normalized spacial score (nSPS) is 16.9. The number of aromatic nitrogens is 2. The number of carbonyl (C=O) groups excluding carboxylic acids is 1. The first kappa shape index (κ1) is 13.5. The van der Waals surface area contributed by atoms with Gasteiger partial charge in [-0.2, -0.15) is 0 Å². The highest BCUT2D eigenvalue weighted by Crippen LogP contribution is 2.22. The van der Waals surface area contributed by atoms with Crippen molar-refractivity contribution in [1.29, 1.82) is 0 Å². The van der Waals surface area contributed by atoms with Gasteiger partial charge >= 0.3 is 0 Å². The van der Waals surface area contributed by atoms with Crippen molar-refractivity contribution < 1.29 is 9.90 Å². The Labute approximate surface area is 115 Å². The van der Waals surface area contributed by atoms with Crippen LogP contribution in [0.5, 0.6) is 0 Å². The number of nitrogens with zero attached hydrogens (tertiary/aromatic N) is 3. The topological polar surface area (TPSA) is 66.3 Å². The summed E-state index contributed by atoms with van der Waals surface area (Å²) in [6.07, 6.45) is 1.60. The molecule has 1 aromatic heterocycles. The highest BCUT2D eigenvalue weighted by atomic mass is 35.5. The van der Waals surface area contributed by atoms with Crippen LogP contribution in [-0.4, -0.2) is 45.8 Å². The van der Waals surface area contributed by atoms with Crippen molar-refractivity contribution in [3.05, 3.63) is 21.9 Å². The van der Waals surface area contributed by atoms with Crippen LogP contribution in [0.2, 0.25) is 10.3 Å². The largest absolute Gasteiger partial charge is 0.396 e. The third-order valence-electron chi connectivity index (χ3n) is 3.11. The van der Waals surface area contributed by atoms with Crippen molar-refractivity contribution in [2.45, 2.75) is 12.8 Å². The Morgan fingerprint density at radius 2 is 2.06 bits per heavy atom. The van der Waals surface area contributed by atoms with E-state index in [2.05, 4.69) is 10.2 Å². The molecule has 0 atom stereocenters. The lowest BCUT2D eigenvalue weighted by molar-refractivity contribution is 0.0650. The van der Waals surface area contributed by atoms with Gasteiger partial charge in [-0.05, 0) is 24.8 Å². The van der Waals surface area contributed by atoms with Gasteiger partial charge in [0.15, 0.2) is 10.3 Å². The molecule has 1 N–H and O–H groups in total. The van der Waals surface area contributed by atoms with Crippen LogP contribution in [0.25, 0.3) is 0 Å². The molecule has 1 aliphatic rings. The lowest BCUT2D eigenvalue weighted by atomic mass is 9.97. The number of hydrogen-bond donors (Lipinski definition) is 1. The molecule has 2 rings (SSSR count). The van der Waals surface area contributed by atoms with Gasteiger partial charge in [-0.1, -0.05) is 23.2 Å². The van der Waals surface area contributed by atoms with Crippen molar-refractivity contribution in [2.24, 2.45) is 5.92 Å². The van der Waals surface area contributed by atoms with Gasteiger partial charge in [0.25, 0.3) is 5.91 Å². The number of hydrogen-bond acceptors (Lipinski definition) is 4. The van der Waals surface area contributed by atoms with E-state index in [1.165, 1.54) is 6.07 Å². The van der Waals surface area contributed by atoms with E-state index in [9.17, 15) is 4.79 Å². The molecule has 0 radical (unpaired) electrons. The average molecular weight is 290 g/mol. The summed E-state index contributed by atoms with van der Waals surface area (Å²) in [4.78, 5) is 13.9. The smallest absolute Gasteiger partial charge is 0.257 e. The molecule has 0 aliphatic carbocycles. The zero-order chi connectivity index (χ0) is 13.1. The molecule has 7 heteroatoms. The summed E-state index contributed by atoms with van der Waals surface area (Å²) in [5, 5.41) is 16.5. The van der Waals surface area contributed by atoms with Crippen molar-refractivity contribution in [1.82, 2.24) is 15.1 Å². The summed E-state index contributed by atoms with van der Waals surface area (Å²) >= 11 is 11.6. The van der Waals surface area contributed by atoms with Gasteiger partial charge in [0.05, 0.1) is 5.56 Å². The highest BCUT2D eigenvalue weighted by molar-refractivity contribution is 6.34. The monoisotopic (exact) mass is 289 g/mol. The number of likely N-dealkylation sites (tertiary alicyclic amines) is 1. The number of carbonyl (C=O) groups is 1. The van der Waals surface area contributed by atoms with Gasteiger partial charge < -0.3 is 10.0 Å². The molecule has 2 heterocycles. The standard InChI is InChI=1S/C11H13Cl2N3O2/c12-9-5-8(10(13)15-14-9)11(18)16-3-1-7(6-17)2-4-16/h5,7,17H,1-4,6H2. The molecule has 18 heavy (non-hydrogen) atoms. The Bertz CT molecular complexity index is 448. The molecule has 1 aliphatic heterocycles. The second-order valence-corrected chi connectivity index (χ2v) is 5.03. The molecule has 0 saturated carbocycles. The van der Waals surface area contributed by atoms with Crippen LogP contribution in [0.15, 0.2) is 6.07 Å². The fourth-order valence-corrected chi connectivity index (χ4v) is 2.31. The Hall–Kier alpha value is -0.910. The summed E-state index contributed by atoms with van der Waals surface area (Å²) < 4.78 is 0. The summed E-state index contributed by atoms with van der Waals surface area (Å²) in [6.45, 7) is 1.39. The first-order chi connectivity index (χ1) is 8.61. The molecule has 0 unspecified atom stereocenters. The lowest BCUT2D eigenvalue weighted by Gasteiger charge is -2.31. The van der Waals surface area contributed by atoms with Gasteiger partial charge in [-0.25, -0.2) is 0 Å². The molecule has 0 aromatic carbocycles. The van der Waals surface area contributed by atoms with E-state index in [4.69, 9.17) is 28.3 Å². The van der Waals surface area contributed by atoms with E-state index >= 15 is 0 Å². The molecule has 0 bridgehead atoms. The Balaban J connectivity index is 2.10. The van der Waals surface area contributed by atoms with E-state index in [0.29, 0.717) is 13.1 Å². The second kappa shape index (κ2) is 5.82. The molecule has 1 amide bonds. The van der Waals surface area contributed by atoms with E-state index in [1.54, 1.807) is 4.90 Å². The number of piperidine rings is 1. The predicted molar refractivity (Wildman–Crippen MR) is 67.8 cm³/mol. The van der Waals surface area contributed by atoms with Crippen LogP contribution in [-0.2, 0) is 0 Å². The van der Waals surface area contributed by atoms with Crippen molar-refractivity contribution in [3.63, 3.8) is 0 Å². The van der Waals surface area contributed by atoms with Crippen molar-refractivity contribution in [3.8, 4) is 0 Å². The SMILES string of the molecule is O=C(c1cc(Cl)nnc1Cl)N1CCC(CO)CC1. The Morgan fingerprint density at radius 3 is 2.67 bits per heavy atom. The quantitative estimate of drug-likeness (QED) is 0.899. The zero-order valence-corrected chi connectivity index (χ0v) is 11.2. The Morgan fingerprint density at radius 1 is 1.39 bits per heavy atom. The van der Waals surface area contributed by atoms with E-state index in [1.807, 2.05) is 0 Å². The first-order valence-electron chi connectivity index (χ1n) is 5.70. The zero-order valence-electron chi connectivity index (χ0n) is 9.64. The van der Waals surface area contributed by atoms with Crippen LogP contribution in [0.3, 0.4) is 0 Å². The Kier molecular flexibility index (Phi) is 4.37. The number of rotatable bonds is 2. The van der Waals surface area contributed by atoms with Crippen molar-refractivity contribution in [2.75, 3.05) is 19.7 Å². The summed E-state index contributed by atoms with van der Waals surface area (Å²) in [5.74, 6) is 0.0943. The van der Waals surface area contributed by atoms with Gasteiger partial charge in [-0.3, -0.25) is 4.79 Å². The molecule has 98 valence electrons. The molecular formula is C11H13Cl2N3O2. The van der Waals surface area contributed by atoms with Gasteiger partial charge in [0.2, 0.25) is 0 Å². The lowest BCUT2D eigenvalue weighted by Crippen LogP contribution is -2.39. The fourth-order valence-electron chi connectivity index (χ4n) is 1.99. The van der Waals surface area contributed by atoms with E-state index < -0.39 is 0 Å². The maximum absolute atomic E-state index is 12.2. The molecule has 5 nitrogen and oxygen atoms in total. The summed E-state index contributed by atoms with van der Waals surface area (Å²) in [7, 11) is 0. The van der Waals surface area contributed by atoms with Gasteiger partial charge in [0.1, 0.15) is 0 Å². The van der Waals surface area contributed by atoms with Crippen molar-refractivity contribution >= 4 is 29.1 Å². The summed E-state index contributed by atoms with van der Waals surface area (Å²) in [5.41, 5.74) is 0.277. The van der Waals surface area contributed by atoms with E-state index in [0.717, 1.165) is 12.8 Å². The molecule has 1 saturated heterocycles. The molecule has 1 fully saturated rings. The third-order valence-corrected chi connectivity index (χ3v) is 3.57. The van der Waals surface area contributed by atoms with Gasteiger partial charge in [0, 0.05) is 19.7 Å². The predicted octanol–water partition coefficient (Wildman–Crippen LogP) is 1.63. The minimum Gasteiger partial charge on any atom is -0.396 e. The maximum Gasteiger partial charge on any atom is 0.257 e. The molecular weight excluding hydrogens is 277 g/mol. The second-order valence-electron chi connectivity index (χ2n) is 4.29. The number of amides is 1. The number of aliphatic hydroxyl groups is 1. The van der Waals surface area contributed by atoms with Crippen LogP contribution in [0.1, 0.15) is 23.2 Å². The minimum absolute atomic E-state index is 0.0636. The van der Waals surface area contributed by atoms with E-state index in [-0.39, 0.29) is 34.3 Å². The maximum atomic E-state index is 12.2. The highest BCUT2D eigenvalue weighted by Gasteiger charge is 2.25. The molecule has 1 aromatic rings. The fraction of sp³-hybridized carbons (Fsp3) is 0.545. The van der Waals surface area contributed by atoms with Crippen LogP contribution in [0.4, 0.5) is 0 Å². The number of halogens is 2. The third kappa shape index (κ3) is 2.91.